The van der Waals surface area contributed by atoms with Gasteiger partial charge in [0.15, 0.2) is 0 Å². The average Bonchev–Trinajstić information content (AvgIpc) is 2.49. The third-order valence-electron chi connectivity index (χ3n) is 3.98. The number of allylic oxidation sites excluding steroid dienone is 1. The van der Waals surface area contributed by atoms with Gasteiger partial charge >= 0.3 is 0 Å². The molecule has 1 aliphatic carbocycles. The summed E-state index contributed by atoms with van der Waals surface area (Å²) in [7, 11) is -3.49. The Morgan fingerprint density at radius 3 is 2.59 bits per heavy atom. The van der Waals surface area contributed by atoms with Gasteiger partial charge in [0.2, 0.25) is 10.0 Å². The molecule has 1 aromatic rings. The number of hydrogen-bond donors (Lipinski definition) is 1. The zero-order chi connectivity index (χ0) is 16.0. The molecule has 0 heterocycles. The molecule has 0 amide bonds. The van der Waals surface area contributed by atoms with Crippen molar-refractivity contribution in [3.05, 3.63) is 42.0 Å². The van der Waals surface area contributed by atoms with Gasteiger partial charge in [-0.15, -0.1) is 0 Å². The third-order valence-corrected chi connectivity index (χ3v) is 5.49. The lowest BCUT2D eigenvalue weighted by Gasteiger charge is -2.31. The zero-order valence-electron chi connectivity index (χ0n) is 13.3. The maximum atomic E-state index is 12.5. The van der Waals surface area contributed by atoms with Crippen molar-refractivity contribution in [2.24, 2.45) is 0 Å². The van der Waals surface area contributed by atoms with E-state index >= 15 is 0 Å². The quantitative estimate of drug-likeness (QED) is 0.818. The molecule has 0 unspecified atom stereocenters. The number of benzene rings is 1. The van der Waals surface area contributed by atoms with E-state index in [9.17, 15) is 8.42 Å². The van der Waals surface area contributed by atoms with Crippen molar-refractivity contribution >= 4 is 10.0 Å². The number of sulfonamides is 1. The largest absolute Gasteiger partial charge is 0.373 e. The van der Waals surface area contributed by atoms with E-state index in [0.717, 1.165) is 31.2 Å². The average molecular weight is 323 g/mol. The van der Waals surface area contributed by atoms with Crippen LogP contribution in [-0.4, -0.2) is 27.2 Å². The number of ether oxygens (including phenoxy) is 1. The Kier molecular flexibility index (Phi) is 6.17. The second-order valence-electron chi connectivity index (χ2n) is 5.77. The first-order chi connectivity index (χ1) is 10.5. The molecule has 0 saturated heterocycles. The van der Waals surface area contributed by atoms with Gasteiger partial charge in [0.25, 0.3) is 0 Å². The predicted octanol–water partition coefficient (Wildman–Crippen LogP) is 3.18. The molecule has 0 spiro atoms. The van der Waals surface area contributed by atoms with E-state index in [0.29, 0.717) is 11.5 Å². The van der Waals surface area contributed by atoms with E-state index in [-0.39, 0.29) is 12.1 Å². The molecule has 1 aromatic carbocycles. The topological polar surface area (TPSA) is 55.4 Å². The fourth-order valence-electron chi connectivity index (χ4n) is 2.69. The highest BCUT2D eigenvalue weighted by molar-refractivity contribution is 7.89. The van der Waals surface area contributed by atoms with Crippen LogP contribution in [0.1, 0.15) is 38.2 Å². The van der Waals surface area contributed by atoms with Crippen molar-refractivity contribution in [1.82, 2.24) is 4.72 Å². The van der Waals surface area contributed by atoms with Gasteiger partial charge in [-0.3, -0.25) is 0 Å². The minimum absolute atomic E-state index is 0.0508. The summed E-state index contributed by atoms with van der Waals surface area (Å²) in [5.74, 6) is 0. The Bertz CT molecular complexity index is 593. The molecule has 4 nitrogen and oxygen atoms in total. The van der Waals surface area contributed by atoms with Gasteiger partial charge < -0.3 is 4.74 Å². The number of nitrogens with one attached hydrogen (secondary N) is 1. The lowest BCUT2D eigenvalue weighted by atomic mass is 9.93. The van der Waals surface area contributed by atoms with Crippen LogP contribution in [0.5, 0.6) is 0 Å². The molecule has 1 aliphatic rings. The van der Waals surface area contributed by atoms with E-state index in [1.165, 1.54) is 0 Å². The molecular weight excluding hydrogens is 298 g/mol. The van der Waals surface area contributed by atoms with Gasteiger partial charge in [0.1, 0.15) is 0 Å². The maximum absolute atomic E-state index is 12.5. The summed E-state index contributed by atoms with van der Waals surface area (Å²) in [4.78, 5) is 0.316. The van der Waals surface area contributed by atoms with E-state index < -0.39 is 10.0 Å². The summed E-state index contributed by atoms with van der Waals surface area (Å²) in [6.45, 7) is 4.42. The summed E-state index contributed by atoms with van der Waals surface area (Å²) < 4.78 is 33.7. The summed E-state index contributed by atoms with van der Waals surface area (Å²) in [6, 6.07) is 6.78. The van der Waals surface area contributed by atoms with Crippen LogP contribution in [0, 0.1) is 6.92 Å². The van der Waals surface area contributed by atoms with Gasteiger partial charge in [-0.05, 0) is 38.8 Å². The lowest BCUT2D eigenvalue weighted by molar-refractivity contribution is 0.0272. The number of rotatable bonds is 6. The van der Waals surface area contributed by atoms with E-state index in [1.54, 1.807) is 12.1 Å². The van der Waals surface area contributed by atoms with Crippen molar-refractivity contribution in [2.45, 2.75) is 56.6 Å². The Morgan fingerprint density at radius 1 is 1.23 bits per heavy atom. The first kappa shape index (κ1) is 17.2. The summed E-state index contributed by atoms with van der Waals surface area (Å²) in [5, 5.41) is 0. The minimum atomic E-state index is -3.49. The number of aryl methyl sites for hydroxylation is 1. The van der Waals surface area contributed by atoms with Gasteiger partial charge in [-0.2, -0.15) is 0 Å². The minimum Gasteiger partial charge on any atom is -0.373 e. The van der Waals surface area contributed by atoms with Gasteiger partial charge in [-0.1, -0.05) is 42.7 Å². The van der Waals surface area contributed by atoms with E-state index in [1.807, 2.05) is 38.1 Å². The Hall–Kier alpha value is -1.17. The first-order valence-corrected chi connectivity index (χ1v) is 9.33. The molecule has 1 saturated carbocycles. The predicted molar refractivity (Wildman–Crippen MR) is 88.3 cm³/mol. The molecule has 5 heteroatoms. The van der Waals surface area contributed by atoms with Crippen molar-refractivity contribution in [3.63, 3.8) is 0 Å². The monoisotopic (exact) mass is 323 g/mol. The Labute approximate surface area is 133 Å². The molecule has 2 rings (SSSR count). The number of hydrogen-bond acceptors (Lipinski definition) is 3. The highest BCUT2D eigenvalue weighted by atomic mass is 32.2. The fraction of sp³-hybridized carbons (Fsp3) is 0.529. The van der Waals surface area contributed by atoms with Crippen LogP contribution in [0.4, 0.5) is 0 Å². The van der Waals surface area contributed by atoms with E-state index in [2.05, 4.69) is 4.72 Å². The normalized spacial score (nSPS) is 23.0. The molecule has 2 atom stereocenters. The molecular formula is C17H25NO3S. The fourth-order valence-corrected chi connectivity index (χ4v) is 3.99. The second-order valence-corrected chi connectivity index (χ2v) is 7.48. The molecule has 0 bridgehead atoms. The van der Waals surface area contributed by atoms with Crippen molar-refractivity contribution in [2.75, 3.05) is 6.61 Å². The molecule has 1 fully saturated rings. The molecule has 122 valence electrons. The Morgan fingerprint density at radius 2 is 1.91 bits per heavy atom. The summed E-state index contributed by atoms with van der Waals surface area (Å²) in [5.41, 5.74) is 1.05. The van der Waals surface area contributed by atoms with Crippen LogP contribution in [0.25, 0.3) is 0 Å². The van der Waals surface area contributed by atoms with Crippen LogP contribution in [0.15, 0.2) is 41.3 Å². The standard InChI is InChI=1S/C17H25NO3S/c1-3-4-13-21-17-8-6-5-7-16(17)18-22(19,20)15-11-9-14(2)10-12-15/h3-4,9-12,16-18H,5-8,13H2,1-2H3/b4-3+/t16-,17-/m1/s1. The maximum Gasteiger partial charge on any atom is 0.240 e. The van der Waals surface area contributed by atoms with Gasteiger partial charge in [0, 0.05) is 6.04 Å². The summed E-state index contributed by atoms with van der Waals surface area (Å²) in [6.07, 6.45) is 7.68. The van der Waals surface area contributed by atoms with Crippen molar-refractivity contribution in [3.8, 4) is 0 Å². The van der Waals surface area contributed by atoms with Crippen LogP contribution in [0.2, 0.25) is 0 Å². The third kappa shape index (κ3) is 4.66. The van der Waals surface area contributed by atoms with Gasteiger partial charge in [-0.25, -0.2) is 13.1 Å². The van der Waals surface area contributed by atoms with Crippen molar-refractivity contribution in [1.29, 1.82) is 0 Å². The second kappa shape index (κ2) is 7.90. The molecule has 1 N–H and O–H groups in total. The molecule has 0 radical (unpaired) electrons. The van der Waals surface area contributed by atoms with Crippen LogP contribution in [0.3, 0.4) is 0 Å². The summed E-state index contributed by atoms with van der Waals surface area (Å²) >= 11 is 0. The Balaban J connectivity index is 2.06. The smallest absolute Gasteiger partial charge is 0.240 e. The molecule has 0 aliphatic heterocycles. The van der Waals surface area contributed by atoms with Crippen LogP contribution >= 0.6 is 0 Å². The first-order valence-electron chi connectivity index (χ1n) is 7.84. The SMILES string of the molecule is C/C=C/CO[C@@H]1CCCC[C@H]1NS(=O)(=O)c1ccc(C)cc1. The lowest BCUT2D eigenvalue weighted by Crippen LogP contribution is -2.46. The van der Waals surface area contributed by atoms with E-state index in [4.69, 9.17) is 4.74 Å². The highest BCUT2D eigenvalue weighted by Gasteiger charge is 2.29. The highest BCUT2D eigenvalue weighted by Crippen LogP contribution is 2.23. The molecule has 22 heavy (non-hydrogen) atoms. The molecule has 0 aromatic heterocycles. The van der Waals surface area contributed by atoms with Crippen LogP contribution < -0.4 is 4.72 Å². The zero-order valence-corrected chi connectivity index (χ0v) is 14.1. The van der Waals surface area contributed by atoms with Gasteiger partial charge in [0.05, 0.1) is 17.6 Å². The van der Waals surface area contributed by atoms with Crippen LogP contribution in [-0.2, 0) is 14.8 Å². The van der Waals surface area contributed by atoms with Crippen molar-refractivity contribution < 1.29 is 13.2 Å².